The molecule has 0 saturated heterocycles. The largest absolute Gasteiger partial charge is 0.454 e. The quantitative estimate of drug-likeness (QED) is 0.402. The van der Waals surface area contributed by atoms with Crippen LogP contribution >= 0.6 is 0 Å². The third-order valence-corrected chi connectivity index (χ3v) is 5.35. The minimum Gasteiger partial charge on any atom is -0.454 e. The zero-order chi connectivity index (χ0) is 24.5. The van der Waals surface area contributed by atoms with E-state index < -0.39 is 16.7 Å². The Morgan fingerprint density at radius 1 is 0.882 bits per heavy atom. The molecule has 0 atom stereocenters. The highest BCUT2D eigenvalue weighted by Gasteiger charge is 2.21. The number of nitrogens with one attached hydrogen (secondary N) is 2. The van der Waals surface area contributed by atoms with E-state index in [1.807, 2.05) is 12.1 Å². The molecule has 1 aliphatic rings. The van der Waals surface area contributed by atoms with Crippen LogP contribution in [0.5, 0.6) is 11.5 Å². The molecule has 2 N–H and O–H groups in total. The molecule has 34 heavy (non-hydrogen) atoms. The summed E-state index contributed by atoms with van der Waals surface area (Å²) in [4.78, 5) is 36.6. The van der Waals surface area contributed by atoms with Crippen LogP contribution in [0.3, 0.4) is 0 Å². The van der Waals surface area contributed by atoms with Crippen molar-refractivity contribution in [1.82, 2.24) is 0 Å². The smallest absolute Gasteiger partial charge is 0.270 e. The molecular formula is C25H23N3O6. The summed E-state index contributed by atoms with van der Waals surface area (Å²) in [5.41, 5.74) is 1.64. The fourth-order valence-corrected chi connectivity index (χ4v) is 3.43. The van der Waals surface area contributed by atoms with Crippen LogP contribution in [-0.2, 0) is 5.41 Å². The van der Waals surface area contributed by atoms with Crippen LogP contribution in [-0.4, -0.2) is 23.5 Å². The SMILES string of the molecule is CC(C)(C)c1ccc(C(=O)Nc2ccc([N+](=O)[O-])cc2C(=O)Nc2ccc3c(c2)OCO3)cc1. The normalized spacial score (nSPS) is 12.2. The molecule has 1 aliphatic heterocycles. The van der Waals surface area contributed by atoms with Gasteiger partial charge in [-0.2, -0.15) is 0 Å². The lowest BCUT2D eigenvalue weighted by Crippen LogP contribution is -2.19. The summed E-state index contributed by atoms with van der Waals surface area (Å²) in [5.74, 6) is -0.0322. The van der Waals surface area contributed by atoms with Crippen LogP contribution in [0, 0.1) is 10.1 Å². The molecule has 9 nitrogen and oxygen atoms in total. The molecular weight excluding hydrogens is 438 g/mol. The second-order valence-electron chi connectivity index (χ2n) is 8.79. The van der Waals surface area contributed by atoms with Crippen molar-refractivity contribution in [3.63, 3.8) is 0 Å². The molecule has 9 heteroatoms. The molecule has 0 bridgehead atoms. The van der Waals surface area contributed by atoms with Gasteiger partial charge in [-0.05, 0) is 41.3 Å². The monoisotopic (exact) mass is 461 g/mol. The first-order valence-electron chi connectivity index (χ1n) is 10.5. The van der Waals surface area contributed by atoms with Gasteiger partial charge in [0.05, 0.1) is 16.2 Å². The summed E-state index contributed by atoms with van der Waals surface area (Å²) in [6, 6.07) is 15.7. The van der Waals surface area contributed by atoms with E-state index in [0.717, 1.165) is 11.6 Å². The van der Waals surface area contributed by atoms with Crippen LogP contribution in [0.2, 0.25) is 0 Å². The minimum atomic E-state index is -0.624. The highest BCUT2D eigenvalue weighted by atomic mass is 16.7. The second kappa shape index (κ2) is 8.86. The van der Waals surface area contributed by atoms with Crippen LogP contribution in [0.15, 0.2) is 60.7 Å². The van der Waals surface area contributed by atoms with Crippen molar-refractivity contribution >= 4 is 28.9 Å². The average Bonchev–Trinajstić information content (AvgIpc) is 3.26. The Hall–Kier alpha value is -4.40. The van der Waals surface area contributed by atoms with E-state index in [9.17, 15) is 19.7 Å². The number of carbonyl (C=O) groups excluding carboxylic acids is 2. The van der Waals surface area contributed by atoms with Gasteiger partial charge in [-0.1, -0.05) is 32.9 Å². The number of nitro benzene ring substituents is 1. The molecule has 3 aromatic rings. The molecule has 0 spiro atoms. The van der Waals surface area contributed by atoms with Crippen LogP contribution < -0.4 is 20.1 Å². The molecule has 0 saturated carbocycles. The topological polar surface area (TPSA) is 120 Å². The van der Waals surface area contributed by atoms with Crippen molar-refractivity contribution in [1.29, 1.82) is 0 Å². The van der Waals surface area contributed by atoms with Crippen molar-refractivity contribution in [2.24, 2.45) is 0 Å². The molecule has 2 amide bonds. The number of non-ortho nitro benzene ring substituents is 1. The number of anilines is 2. The van der Waals surface area contributed by atoms with Crippen molar-refractivity contribution in [3.05, 3.63) is 87.5 Å². The van der Waals surface area contributed by atoms with Crippen LogP contribution in [0.25, 0.3) is 0 Å². The highest BCUT2D eigenvalue weighted by molar-refractivity contribution is 6.13. The van der Waals surface area contributed by atoms with Crippen molar-refractivity contribution in [3.8, 4) is 11.5 Å². The highest BCUT2D eigenvalue weighted by Crippen LogP contribution is 2.34. The number of rotatable bonds is 5. The molecule has 0 fully saturated rings. The Balaban J connectivity index is 1.59. The van der Waals surface area contributed by atoms with Gasteiger partial charge in [-0.3, -0.25) is 19.7 Å². The van der Waals surface area contributed by atoms with Gasteiger partial charge < -0.3 is 20.1 Å². The number of hydrogen-bond donors (Lipinski definition) is 2. The molecule has 174 valence electrons. The van der Waals surface area contributed by atoms with Gasteiger partial charge in [0, 0.05) is 29.4 Å². The Morgan fingerprint density at radius 3 is 2.26 bits per heavy atom. The fraction of sp³-hybridized carbons (Fsp3) is 0.200. The molecule has 0 aromatic heterocycles. The maximum Gasteiger partial charge on any atom is 0.270 e. The third kappa shape index (κ3) is 4.83. The summed E-state index contributed by atoms with van der Waals surface area (Å²) in [5, 5.41) is 16.7. The van der Waals surface area contributed by atoms with E-state index in [1.165, 1.54) is 12.1 Å². The lowest BCUT2D eigenvalue weighted by Gasteiger charge is -2.19. The second-order valence-corrected chi connectivity index (χ2v) is 8.79. The number of nitrogens with zero attached hydrogens (tertiary/aromatic N) is 1. The summed E-state index contributed by atoms with van der Waals surface area (Å²) in [7, 11) is 0. The number of benzene rings is 3. The number of fused-ring (bicyclic) bond motifs is 1. The molecule has 0 radical (unpaired) electrons. The number of nitro groups is 1. The van der Waals surface area contributed by atoms with Gasteiger partial charge in [0.15, 0.2) is 11.5 Å². The Bertz CT molecular complexity index is 1280. The zero-order valence-corrected chi connectivity index (χ0v) is 18.9. The van der Waals surface area contributed by atoms with E-state index in [0.29, 0.717) is 22.7 Å². The van der Waals surface area contributed by atoms with E-state index in [1.54, 1.807) is 30.3 Å². The summed E-state index contributed by atoms with van der Waals surface area (Å²) in [6.45, 7) is 6.31. The lowest BCUT2D eigenvalue weighted by atomic mass is 9.86. The standard InChI is InChI=1S/C25H23N3O6/c1-25(2,3)16-6-4-15(5-7-16)23(29)27-20-10-9-18(28(31)32)13-19(20)24(30)26-17-8-11-21-22(12-17)34-14-33-21/h4-13H,14H2,1-3H3,(H,26,30)(H,27,29). The first kappa shape index (κ1) is 22.8. The van der Waals surface area contributed by atoms with Crippen molar-refractivity contribution in [2.45, 2.75) is 26.2 Å². The average molecular weight is 461 g/mol. The predicted octanol–water partition coefficient (Wildman–Crippen LogP) is 5.13. The van der Waals surface area contributed by atoms with Gasteiger partial charge in [0.25, 0.3) is 17.5 Å². The maximum atomic E-state index is 13.0. The number of amides is 2. The molecule has 0 unspecified atom stereocenters. The number of carbonyl (C=O) groups is 2. The van der Waals surface area contributed by atoms with E-state index >= 15 is 0 Å². The number of ether oxygens (including phenoxy) is 2. The lowest BCUT2D eigenvalue weighted by molar-refractivity contribution is -0.384. The van der Waals surface area contributed by atoms with Crippen molar-refractivity contribution < 1.29 is 24.0 Å². The van der Waals surface area contributed by atoms with Crippen LogP contribution in [0.1, 0.15) is 47.1 Å². The molecule has 4 rings (SSSR count). The van der Waals surface area contributed by atoms with Gasteiger partial charge in [-0.25, -0.2) is 0 Å². The maximum absolute atomic E-state index is 13.0. The fourth-order valence-electron chi connectivity index (χ4n) is 3.43. The summed E-state index contributed by atoms with van der Waals surface area (Å²) < 4.78 is 10.6. The van der Waals surface area contributed by atoms with Crippen LogP contribution in [0.4, 0.5) is 17.1 Å². The Morgan fingerprint density at radius 2 is 1.59 bits per heavy atom. The Kier molecular flexibility index (Phi) is 5.93. The summed E-state index contributed by atoms with van der Waals surface area (Å²) >= 11 is 0. The first-order chi connectivity index (χ1) is 16.1. The molecule has 1 heterocycles. The van der Waals surface area contributed by atoms with Gasteiger partial charge in [0.2, 0.25) is 6.79 Å². The van der Waals surface area contributed by atoms with Gasteiger partial charge in [-0.15, -0.1) is 0 Å². The Labute approximate surface area is 195 Å². The van der Waals surface area contributed by atoms with Gasteiger partial charge in [0.1, 0.15) is 0 Å². The number of hydrogen-bond acceptors (Lipinski definition) is 6. The zero-order valence-electron chi connectivity index (χ0n) is 18.9. The van der Waals surface area contributed by atoms with E-state index in [4.69, 9.17) is 9.47 Å². The minimum absolute atomic E-state index is 0.0495. The summed E-state index contributed by atoms with van der Waals surface area (Å²) in [6.07, 6.45) is 0. The molecule has 3 aromatic carbocycles. The van der Waals surface area contributed by atoms with E-state index in [2.05, 4.69) is 31.4 Å². The third-order valence-electron chi connectivity index (χ3n) is 5.35. The predicted molar refractivity (Wildman–Crippen MR) is 127 cm³/mol. The van der Waals surface area contributed by atoms with E-state index in [-0.39, 0.29) is 29.1 Å². The first-order valence-corrected chi connectivity index (χ1v) is 10.5. The molecule has 0 aliphatic carbocycles. The van der Waals surface area contributed by atoms with Crippen molar-refractivity contribution in [2.75, 3.05) is 17.4 Å². The van der Waals surface area contributed by atoms with Gasteiger partial charge >= 0.3 is 0 Å².